The Labute approximate surface area is 236 Å². The van der Waals surface area contributed by atoms with Crippen LogP contribution in [-0.4, -0.2) is 43.8 Å². The van der Waals surface area contributed by atoms with Crippen molar-refractivity contribution in [3.05, 3.63) is 94.5 Å². The Hall–Kier alpha value is -3.36. The van der Waals surface area contributed by atoms with Gasteiger partial charge in [0.05, 0.1) is 10.6 Å². The molecule has 0 bridgehead atoms. The molecule has 0 aromatic heterocycles. The van der Waals surface area contributed by atoms with Gasteiger partial charge in [-0.25, -0.2) is 8.42 Å². The lowest BCUT2D eigenvalue weighted by molar-refractivity contribution is -0.140. The van der Waals surface area contributed by atoms with E-state index in [1.807, 2.05) is 58.9 Å². The molecule has 0 aliphatic rings. The van der Waals surface area contributed by atoms with E-state index in [1.54, 1.807) is 30.3 Å². The van der Waals surface area contributed by atoms with Crippen LogP contribution in [0, 0.1) is 13.8 Å². The summed E-state index contributed by atoms with van der Waals surface area (Å²) in [6.45, 7) is 9.00. The number of nitrogens with one attached hydrogen (secondary N) is 1. The molecule has 3 aromatic rings. The molecule has 0 saturated carbocycles. The van der Waals surface area contributed by atoms with Gasteiger partial charge in [0.1, 0.15) is 12.6 Å². The normalized spacial score (nSPS) is 12.2. The molecule has 0 fully saturated rings. The summed E-state index contributed by atoms with van der Waals surface area (Å²) in [6.07, 6.45) is 0.359. The summed E-state index contributed by atoms with van der Waals surface area (Å²) in [5.41, 5.74) is 3.00. The summed E-state index contributed by atoms with van der Waals surface area (Å²) in [7, 11) is -4.14. The number of halogens is 1. The minimum atomic E-state index is -4.14. The molecule has 1 atom stereocenters. The lowest BCUT2D eigenvalue weighted by Gasteiger charge is -2.34. The van der Waals surface area contributed by atoms with E-state index in [4.69, 9.17) is 11.6 Å². The highest BCUT2D eigenvalue weighted by atomic mass is 35.5. The Morgan fingerprint density at radius 1 is 0.949 bits per heavy atom. The minimum absolute atomic E-state index is 0.0518. The van der Waals surface area contributed by atoms with Crippen molar-refractivity contribution in [1.82, 2.24) is 10.2 Å². The van der Waals surface area contributed by atoms with Gasteiger partial charge < -0.3 is 10.2 Å². The molecule has 7 nitrogen and oxygen atoms in total. The van der Waals surface area contributed by atoms with Crippen LogP contribution < -0.4 is 9.62 Å². The Morgan fingerprint density at radius 3 is 2.21 bits per heavy atom. The molecule has 0 aliphatic heterocycles. The quantitative estimate of drug-likeness (QED) is 0.331. The van der Waals surface area contributed by atoms with Gasteiger partial charge in [-0.15, -0.1) is 0 Å². The third-order valence-electron chi connectivity index (χ3n) is 6.40. The van der Waals surface area contributed by atoms with Crippen molar-refractivity contribution in [3.8, 4) is 0 Å². The van der Waals surface area contributed by atoms with Crippen molar-refractivity contribution >= 4 is 39.1 Å². The molecule has 1 unspecified atom stereocenters. The Balaban J connectivity index is 2.08. The first-order valence-electron chi connectivity index (χ1n) is 12.9. The molecule has 2 amide bonds. The van der Waals surface area contributed by atoms with Crippen LogP contribution >= 0.6 is 11.6 Å². The third kappa shape index (κ3) is 7.61. The zero-order valence-corrected chi connectivity index (χ0v) is 24.6. The van der Waals surface area contributed by atoms with Crippen molar-refractivity contribution < 1.29 is 18.0 Å². The molecule has 39 heavy (non-hydrogen) atoms. The van der Waals surface area contributed by atoms with Crippen LogP contribution in [0.25, 0.3) is 0 Å². The fourth-order valence-electron chi connectivity index (χ4n) is 4.27. The second-order valence-corrected chi connectivity index (χ2v) is 12.1. The van der Waals surface area contributed by atoms with Gasteiger partial charge in [-0.3, -0.25) is 13.9 Å². The SMILES string of the molecule is CCC(C(=O)NC(C)C)N(Cc1ccccc1C)C(=O)CN(c1cccc(Cl)c1)S(=O)(=O)c1ccc(C)cc1. The average molecular weight is 570 g/mol. The standard InChI is InChI=1S/C30H36ClN3O4S/c1-6-28(30(36)32-21(2)3)33(19-24-11-8-7-10-23(24)5)29(35)20-34(26-13-9-12-25(31)18-26)39(37,38)27-16-14-22(4)15-17-27/h7-18,21,28H,6,19-20H2,1-5H3,(H,32,36). The molecule has 0 spiro atoms. The second-order valence-electron chi connectivity index (χ2n) is 9.84. The molecule has 3 aromatic carbocycles. The topological polar surface area (TPSA) is 86.8 Å². The van der Waals surface area contributed by atoms with Crippen LogP contribution in [0.1, 0.15) is 43.9 Å². The average Bonchev–Trinajstić information content (AvgIpc) is 2.87. The van der Waals surface area contributed by atoms with E-state index in [0.717, 1.165) is 21.0 Å². The molecule has 0 heterocycles. The van der Waals surface area contributed by atoms with E-state index in [0.29, 0.717) is 11.4 Å². The van der Waals surface area contributed by atoms with Crippen molar-refractivity contribution in [3.63, 3.8) is 0 Å². The van der Waals surface area contributed by atoms with Gasteiger partial charge in [-0.2, -0.15) is 0 Å². The fraction of sp³-hybridized carbons (Fsp3) is 0.333. The molecule has 0 radical (unpaired) electrons. The number of sulfonamides is 1. The van der Waals surface area contributed by atoms with Crippen molar-refractivity contribution in [1.29, 1.82) is 0 Å². The van der Waals surface area contributed by atoms with Crippen LogP contribution in [-0.2, 0) is 26.2 Å². The number of benzene rings is 3. The van der Waals surface area contributed by atoms with Crippen LogP contribution in [0.5, 0.6) is 0 Å². The van der Waals surface area contributed by atoms with E-state index in [-0.39, 0.29) is 29.1 Å². The van der Waals surface area contributed by atoms with Crippen LogP contribution in [0.15, 0.2) is 77.7 Å². The maximum absolute atomic E-state index is 14.1. The van der Waals surface area contributed by atoms with Crippen LogP contribution in [0.2, 0.25) is 5.02 Å². The molecule has 9 heteroatoms. The summed E-state index contributed by atoms with van der Waals surface area (Å²) >= 11 is 6.22. The van der Waals surface area contributed by atoms with E-state index in [9.17, 15) is 18.0 Å². The molecule has 208 valence electrons. The first-order chi connectivity index (χ1) is 18.4. The summed E-state index contributed by atoms with van der Waals surface area (Å²) in [4.78, 5) is 28.8. The van der Waals surface area contributed by atoms with Crippen molar-refractivity contribution in [2.24, 2.45) is 0 Å². The monoisotopic (exact) mass is 569 g/mol. The summed E-state index contributed by atoms with van der Waals surface area (Å²) in [6, 6.07) is 19.5. The number of anilines is 1. The highest BCUT2D eigenvalue weighted by molar-refractivity contribution is 7.92. The molecular weight excluding hydrogens is 534 g/mol. The summed E-state index contributed by atoms with van der Waals surface area (Å²) in [5, 5.41) is 3.24. The Bertz CT molecular complexity index is 1410. The second kappa shape index (κ2) is 13.1. The number of hydrogen-bond donors (Lipinski definition) is 1. The number of carbonyl (C=O) groups excluding carboxylic acids is 2. The highest BCUT2D eigenvalue weighted by Crippen LogP contribution is 2.27. The number of aryl methyl sites for hydroxylation is 2. The van der Waals surface area contributed by atoms with Gasteiger partial charge in [0.2, 0.25) is 11.8 Å². The Kier molecular flexibility index (Phi) is 10.2. The first-order valence-corrected chi connectivity index (χ1v) is 14.7. The number of carbonyl (C=O) groups is 2. The molecule has 1 N–H and O–H groups in total. The maximum atomic E-state index is 14.1. The van der Waals surface area contributed by atoms with E-state index in [2.05, 4.69) is 5.32 Å². The van der Waals surface area contributed by atoms with E-state index >= 15 is 0 Å². The molecular formula is C30H36ClN3O4S. The lowest BCUT2D eigenvalue weighted by atomic mass is 10.1. The van der Waals surface area contributed by atoms with Gasteiger partial charge in [0.15, 0.2) is 0 Å². The largest absolute Gasteiger partial charge is 0.352 e. The van der Waals surface area contributed by atoms with Gasteiger partial charge >= 0.3 is 0 Å². The van der Waals surface area contributed by atoms with E-state index < -0.39 is 28.5 Å². The number of hydrogen-bond acceptors (Lipinski definition) is 4. The predicted octanol–water partition coefficient (Wildman–Crippen LogP) is 5.48. The third-order valence-corrected chi connectivity index (χ3v) is 8.43. The lowest BCUT2D eigenvalue weighted by Crippen LogP contribution is -2.53. The number of rotatable bonds is 11. The van der Waals surface area contributed by atoms with Crippen molar-refractivity contribution in [2.45, 2.75) is 64.6 Å². The first kappa shape index (κ1) is 30.2. The summed E-state index contributed by atoms with van der Waals surface area (Å²) in [5.74, 6) is -0.787. The molecule has 0 saturated heterocycles. The molecule has 0 aliphatic carbocycles. The molecule has 3 rings (SSSR count). The van der Waals surface area contributed by atoms with Gasteiger partial charge in [-0.05, 0) is 75.6 Å². The summed E-state index contributed by atoms with van der Waals surface area (Å²) < 4.78 is 28.8. The van der Waals surface area contributed by atoms with Gasteiger partial charge in [-0.1, -0.05) is 66.6 Å². The highest BCUT2D eigenvalue weighted by Gasteiger charge is 2.34. The minimum Gasteiger partial charge on any atom is -0.352 e. The predicted molar refractivity (Wildman–Crippen MR) is 156 cm³/mol. The van der Waals surface area contributed by atoms with Gasteiger partial charge in [0, 0.05) is 17.6 Å². The van der Waals surface area contributed by atoms with E-state index in [1.165, 1.54) is 23.1 Å². The van der Waals surface area contributed by atoms with Crippen molar-refractivity contribution in [2.75, 3.05) is 10.8 Å². The zero-order chi connectivity index (χ0) is 28.7. The van der Waals surface area contributed by atoms with Gasteiger partial charge in [0.25, 0.3) is 10.0 Å². The van der Waals surface area contributed by atoms with Crippen LogP contribution in [0.3, 0.4) is 0 Å². The maximum Gasteiger partial charge on any atom is 0.264 e. The van der Waals surface area contributed by atoms with Crippen LogP contribution in [0.4, 0.5) is 5.69 Å². The smallest absolute Gasteiger partial charge is 0.264 e. The fourth-order valence-corrected chi connectivity index (χ4v) is 5.86. The zero-order valence-electron chi connectivity index (χ0n) is 23.0. The number of nitrogens with zero attached hydrogens (tertiary/aromatic N) is 2. The number of amides is 2. The Morgan fingerprint density at radius 2 is 1.62 bits per heavy atom.